The normalized spacial score (nSPS) is 10.3. The van der Waals surface area contributed by atoms with Crippen LogP contribution in [-0.4, -0.2) is 22.6 Å². The van der Waals surface area contributed by atoms with Crippen molar-refractivity contribution in [1.82, 2.24) is 15.5 Å². The van der Waals surface area contributed by atoms with Crippen LogP contribution >= 0.6 is 11.6 Å². The van der Waals surface area contributed by atoms with Crippen molar-refractivity contribution in [2.24, 2.45) is 0 Å². The van der Waals surface area contributed by atoms with Gasteiger partial charge in [-0.1, -0.05) is 16.8 Å². The first-order valence-corrected chi connectivity index (χ1v) is 6.57. The number of carbonyl (C=O) groups excluding carboxylic acids is 1. The lowest BCUT2D eigenvalue weighted by atomic mass is 10.2. The number of rotatable bonds is 5. The molecule has 0 spiro atoms. The smallest absolute Gasteiger partial charge is 0.253 e. The fourth-order valence-corrected chi connectivity index (χ4v) is 1.84. The molecule has 0 aliphatic carbocycles. The first-order chi connectivity index (χ1) is 9.60. The second-order valence-electron chi connectivity index (χ2n) is 4.20. The lowest BCUT2D eigenvalue weighted by molar-refractivity contribution is 0.0947. The van der Waals surface area contributed by atoms with E-state index < -0.39 is 0 Å². The first kappa shape index (κ1) is 14.3. The summed E-state index contributed by atoms with van der Waals surface area (Å²) in [6, 6.07) is 3.38. The van der Waals surface area contributed by atoms with Crippen molar-refractivity contribution in [3.63, 3.8) is 0 Å². The lowest BCUT2D eigenvalue weighted by Gasteiger charge is -2.07. The molecule has 6 nitrogen and oxygen atoms in total. The van der Waals surface area contributed by atoms with Gasteiger partial charge in [-0.25, -0.2) is 4.98 Å². The van der Waals surface area contributed by atoms with Crippen LogP contribution in [0.15, 0.2) is 22.9 Å². The van der Waals surface area contributed by atoms with Crippen LogP contribution in [0.3, 0.4) is 0 Å². The molecule has 2 rings (SSSR count). The molecule has 0 unspecified atom stereocenters. The van der Waals surface area contributed by atoms with Gasteiger partial charge in [0.15, 0.2) is 5.76 Å². The van der Waals surface area contributed by atoms with Crippen LogP contribution < -0.4 is 10.6 Å². The minimum atomic E-state index is -0.286. The lowest BCUT2D eigenvalue weighted by Crippen LogP contribution is -2.23. The summed E-state index contributed by atoms with van der Waals surface area (Å²) in [5, 5.41) is 9.81. The first-order valence-electron chi connectivity index (χ1n) is 6.20. The van der Waals surface area contributed by atoms with E-state index in [1.54, 1.807) is 12.1 Å². The zero-order chi connectivity index (χ0) is 14.5. The summed E-state index contributed by atoms with van der Waals surface area (Å²) in [6.45, 7) is 4.74. The van der Waals surface area contributed by atoms with Gasteiger partial charge >= 0.3 is 0 Å². The van der Waals surface area contributed by atoms with Gasteiger partial charge in [-0.15, -0.1) is 0 Å². The summed E-state index contributed by atoms with van der Waals surface area (Å²) in [5.74, 6) is 0.913. The monoisotopic (exact) mass is 294 g/mol. The van der Waals surface area contributed by atoms with Crippen LogP contribution in [0.4, 0.5) is 5.82 Å². The minimum Gasteiger partial charge on any atom is -0.370 e. The standard InChI is InChI=1S/C13H15ClN4O2/c1-3-15-12-5-10(11(14)7-16-12)13(19)17-6-9-4-8(2)18-20-9/h4-5,7H,3,6H2,1-2H3,(H,15,16)(H,17,19). The third-order valence-electron chi connectivity index (χ3n) is 2.56. The molecule has 2 N–H and O–H groups in total. The van der Waals surface area contributed by atoms with Gasteiger partial charge in [-0.05, 0) is 19.9 Å². The number of carbonyl (C=O) groups is 1. The van der Waals surface area contributed by atoms with Crippen LogP contribution in [0.1, 0.15) is 28.7 Å². The molecule has 2 aromatic heterocycles. The Labute approximate surface area is 121 Å². The Hall–Kier alpha value is -2.08. The minimum absolute atomic E-state index is 0.259. The van der Waals surface area contributed by atoms with E-state index in [0.717, 1.165) is 5.69 Å². The van der Waals surface area contributed by atoms with Crippen LogP contribution in [-0.2, 0) is 6.54 Å². The van der Waals surface area contributed by atoms with Crippen molar-refractivity contribution in [1.29, 1.82) is 0 Å². The van der Waals surface area contributed by atoms with Gasteiger partial charge in [-0.2, -0.15) is 0 Å². The largest absolute Gasteiger partial charge is 0.370 e. The number of hydrogen-bond donors (Lipinski definition) is 2. The van der Waals surface area contributed by atoms with Gasteiger partial charge in [0.05, 0.1) is 22.8 Å². The van der Waals surface area contributed by atoms with Gasteiger partial charge in [-0.3, -0.25) is 4.79 Å². The Morgan fingerprint density at radius 1 is 1.45 bits per heavy atom. The second kappa shape index (κ2) is 6.38. The molecule has 0 bridgehead atoms. The molecule has 0 aliphatic heterocycles. The second-order valence-corrected chi connectivity index (χ2v) is 4.60. The number of nitrogens with zero attached hydrogens (tertiary/aromatic N) is 2. The number of hydrogen-bond acceptors (Lipinski definition) is 5. The highest BCUT2D eigenvalue weighted by atomic mass is 35.5. The van der Waals surface area contributed by atoms with Gasteiger partial charge in [0.2, 0.25) is 0 Å². The van der Waals surface area contributed by atoms with Crippen molar-refractivity contribution >= 4 is 23.3 Å². The summed E-state index contributed by atoms with van der Waals surface area (Å²) in [6.07, 6.45) is 1.45. The number of aryl methyl sites for hydroxylation is 1. The molecule has 20 heavy (non-hydrogen) atoms. The molecule has 0 atom stereocenters. The fraction of sp³-hybridized carbons (Fsp3) is 0.308. The zero-order valence-corrected chi connectivity index (χ0v) is 12.0. The Morgan fingerprint density at radius 2 is 2.25 bits per heavy atom. The van der Waals surface area contributed by atoms with Crippen LogP contribution in [0.25, 0.3) is 0 Å². The van der Waals surface area contributed by atoms with Crippen molar-refractivity contribution in [2.45, 2.75) is 20.4 Å². The average Bonchev–Trinajstić information content (AvgIpc) is 2.84. The SMILES string of the molecule is CCNc1cc(C(=O)NCc2cc(C)no2)c(Cl)cn1. The molecule has 2 aromatic rings. The van der Waals surface area contributed by atoms with E-state index in [4.69, 9.17) is 16.1 Å². The number of amides is 1. The van der Waals surface area contributed by atoms with E-state index in [1.807, 2.05) is 13.8 Å². The van der Waals surface area contributed by atoms with Gasteiger partial charge in [0, 0.05) is 18.8 Å². The van der Waals surface area contributed by atoms with E-state index >= 15 is 0 Å². The van der Waals surface area contributed by atoms with Gasteiger partial charge in [0.1, 0.15) is 5.82 Å². The predicted octanol–water partition coefficient (Wildman–Crippen LogP) is 2.39. The maximum Gasteiger partial charge on any atom is 0.253 e. The number of nitrogens with one attached hydrogen (secondary N) is 2. The van der Waals surface area contributed by atoms with Crippen molar-refractivity contribution in [3.8, 4) is 0 Å². The fourth-order valence-electron chi connectivity index (χ4n) is 1.65. The summed E-state index contributed by atoms with van der Waals surface area (Å²) in [4.78, 5) is 16.2. The predicted molar refractivity (Wildman–Crippen MR) is 75.8 cm³/mol. The summed E-state index contributed by atoms with van der Waals surface area (Å²) in [5.41, 5.74) is 1.14. The molecule has 0 saturated carbocycles. The Kier molecular flexibility index (Phi) is 4.57. The summed E-state index contributed by atoms with van der Waals surface area (Å²) in [7, 11) is 0. The average molecular weight is 295 g/mol. The molecule has 2 heterocycles. The van der Waals surface area contributed by atoms with Crippen LogP contribution in [0.5, 0.6) is 0 Å². The number of aromatic nitrogens is 2. The van der Waals surface area contributed by atoms with Crippen molar-refractivity contribution in [2.75, 3.05) is 11.9 Å². The van der Waals surface area contributed by atoms with Crippen LogP contribution in [0, 0.1) is 6.92 Å². The van der Waals surface area contributed by atoms with Crippen LogP contribution in [0.2, 0.25) is 5.02 Å². The highest BCUT2D eigenvalue weighted by molar-refractivity contribution is 6.33. The molecule has 106 valence electrons. The quantitative estimate of drug-likeness (QED) is 0.885. The number of anilines is 1. The molecule has 0 fully saturated rings. The highest BCUT2D eigenvalue weighted by Crippen LogP contribution is 2.18. The number of pyridine rings is 1. The summed E-state index contributed by atoms with van der Waals surface area (Å²) >= 11 is 5.99. The van der Waals surface area contributed by atoms with E-state index in [0.29, 0.717) is 28.7 Å². The Morgan fingerprint density at radius 3 is 2.90 bits per heavy atom. The van der Waals surface area contributed by atoms with Gasteiger partial charge in [0.25, 0.3) is 5.91 Å². The van der Waals surface area contributed by atoms with E-state index in [9.17, 15) is 4.79 Å². The maximum atomic E-state index is 12.1. The molecule has 0 saturated heterocycles. The summed E-state index contributed by atoms with van der Waals surface area (Å²) < 4.78 is 5.02. The van der Waals surface area contributed by atoms with E-state index in [-0.39, 0.29) is 12.5 Å². The number of halogens is 1. The van der Waals surface area contributed by atoms with Crippen molar-refractivity contribution < 1.29 is 9.32 Å². The Balaban J connectivity index is 2.06. The molecule has 7 heteroatoms. The molecular weight excluding hydrogens is 280 g/mol. The third-order valence-corrected chi connectivity index (χ3v) is 2.86. The zero-order valence-electron chi connectivity index (χ0n) is 11.2. The highest BCUT2D eigenvalue weighted by Gasteiger charge is 2.12. The molecule has 1 amide bonds. The third kappa shape index (κ3) is 3.48. The van der Waals surface area contributed by atoms with E-state index in [1.165, 1.54) is 6.20 Å². The molecule has 0 aliphatic rings. The Bertz CT molecular complexity index is 612. The molecule has 0 aromatic carbocycles. The maximum absolute atomic E-state index is 12.1. The van der Waals surface area contributed by atoms with E-state index in [2.05, 4.69) is 20.8 Å². The topological polar surface area (TPSA) is 80.0 Å². The van der Waals surface area contributed by atoms with Gasteiger partial charge < -0.3 is 15.2 Å². The molecular formula is C13H15ClN4O2. The van der Waals surface area contributed by atoms with Crippen molar-refractivity contribution in [3.05, 3.63) is 40.4 Å². The molecule has 0 radical (unpaired) electrons.